The summed E-state index contributed by atoms with van der Waals surface area (Å²) in [7, 11) is 1.52. The van der Waals surface area contributed by atoms with Crippen molar-refractivity contribution in [3.05, 3.63) is 0 Å². The Bertz CT molecular complexity index is 235. The number of methoxy groups -OCH3 is 1. The lowest BCUT2D eigenvalue weighted by Gasteiger charge is -2.30. The molecule has 0 radical (unpaired) electrons. The molecule has 0 aromatic heterocycles. The Morgan fingerprint density at radius 2 is 2.47 bits per heavy atom. The van der Waals surface area contributed by atoms with Gasteiger partial charge in [-0.25, -0.2) is 0 Å². The first-order valence-corrected chi connectivity index (χ1v) is 5.18. The summed E-state index contributed by atoms with van der Waals surface area (Å²) >= 11 is 0. The predicted octanol–water partition coefficient (Wildman–Crippen LogP) is -0.356. The van der Waals surface area contributed by atoms with Gasteiger partial charge in [0.1, 0.15) is 6.04 Å². The molecule has 5 nitrogen and oxygen atoms in total. The van der Waals surface area contributed by atoms with Crippen molar-refractivity contribution in [2.45, 2.75) is 38.0 Å². The van der Waals surface area contributed by atoms with Gasteiger partial charge >= 0.3 is 0 Å². The Morgan fingerprint density at radius 3 is 2.93 bits per heavy atom. The van der Waals surface area contributed by atoms with Crippen molar-refractivity contribution in [2.24, 2.45) is 5.73 Å². The maximum atomic E-state index is 11.7. The second-order valence-electron chi connectivity index (χ2n) is 4.23. The first-order valence-electron chi connectivity index (χ1n) is 5.18. The van der Waals surface area contributed by atoms with Crippen LogP contribution in [0.25, 0.3) is 0 Å². The van der Waals surface area contributed by atoms with Crippen LogP contribution in [0.4, 0.5) is 0 Å². The lowest BCUT2D eigenvalue weighted by atomic mass is 9.94. The third kappa shape index (κ3) is 2.90. The molecule has 1 saturated heterocycles. The SMILES string of the molecule is COCC(N)C(=O)NC1(C)CCOC1C. The van der Waals surface area contributed by atoms with E-state index in [0.717, 1.165) is 6.42 Å². The zero-order chi connectivity index (χ0) is 11.5. The maximum absolute atomic E-state index is 11.7. The van der Waals surface area contributed by atoms with Crippen molar-refractivity contribution >= 4 is 5.91 Å². The van der Waals surface area contributed by atoms with Crippen LogP contribution in [0.15, 0.2) is 0 Å². The molecule has 15 heavy (non-hydrogen) atoms. The summed E-state index contributed by atoms with van der Waals surface area (Å²) in [6.07, 6.45) is 0.843. The fraction of sp³-hybridized carbons (Fsp3) is 0.900. The molecular formula is C10H20N2O3. The van der Waals surface area contributed by atoms with E-state index in [1.54, 1.807) is 0 Å². The van der Waals surface area contributed by atoms with Gasteiger partial charge in [0.2, 0.25) is 5.91 Å². The molecule has 1 fully saturated rings. The summed E-state index contributed by atoms with van der Waals surface area (Å²) in [5, 5.41) is 2.92. The molecule has 3 unspecified atom stereocenters. The minimum Gasteiger partial charge on any atom is -0.383 e. The molecule has 1 rings (SSSR count). The molecule has 3 atom stereocenters. The van der Waals surface area contributed by atoms with E-state index < -0.39 is 6.04 Å². The first kappa shape index (κ1) is 12.4. The van der Waals surface area contributed by atoms with Crippen molar-refractivity contribution in [1.29, 1.82) is 0 Å². The van der Waals surface area contributed by atoms with E-state index in [1.807, 2.05) is 13.8 Å². The van der Waals surface area contributed by atoms with Crippen molar-refractivity contribution in [2.75, 3.05) is 20.3 Å². The van der Waals surface area contributed by atoms with E-state index in [1.165, 1.54) is 7.11 Å². The molecule has 1 aliphatic heterocycles. The molecule has 1 aliphatic rings. The van der Waals surface area contributed by atoms with Gasteiger partial charge in [-0.15, -0.1) is 0 Å². The third-order valence-electron chi connectivity index (χ3n) is 2.98. The standard InChI is InChI=1S/C10H20N2O3/c1-7-10(2,4-5-15-7)12-9(13)8(11)6-14-3/h7-8H,4-6,11H2,1-3H3,(H,12,13). The number of nitrogens with one attached hydrogen (secondary N) is 1. The minimum atomic E-state index is -0.611. The quantitative estimate of drug-likeness (QED) is 0.673. The van der Waals surface area contributed by atoms with Crippen LogP contribution < -0.4 is 11.1 Å². The van der Waals surface area contributed by atoms with Crippen LogP contribution in [0.1, 0.15) is 20.3 Å². The van der Waals surface area contributed by atoms with E-state index in [0.29, 0.717) is 6.61 Å². The number of hydrogen-bond donors (Lipinski definition) is 2. The second kappa shape index (κ2) is 4.92. The topological polar surface area (TPSA) is 73.6 Å². The van der Waals surface area contributed by atoms with Crippen LogP contribution in [0, 0.1) is 0 Å². The van der Waals surface area contributed by atoms with E-state index in [2.05, 4.69) is 5.32 Å². The number of carbonyl (C=O) groups is 1. The average Bonchev–Trinajstić information content (AvgIpc) is 2.47. The van der Waals surface area contributed by atoms with Crippen molar-refractivity contribution in [1.82, 2.24) is 5.32 Å². The molecule has 88 valence electrons. The van der Waals surface area contributed by atoms with Gasteiger partial charge in [0.15, 0.2) is 0 Å². The third-order valence-corrected chi connectivity index (χ3v) is 2.98. The van der Waals surface area contributed by atoms with Gasteiger partial charge < -0.3 is 20.5 Å². The minimum absolute atomic E-state index is 0.0243. The summed E-state index contributed by atoms with van der Waals surface area (Å²) in [4.78, 5) is 11.7. The van der Waals surface area contributed by atoms with Crippen molar-refractivity contribution in [3.63, 3.8) is 0 Å². The highest BCUT2D eigenvalue weighted by Gasteiger charge is 2.38. The number of carbonyl (C=O) groups excluding carboxylic acids is 1. The van der Waals surface area contributed by atoms with E-state index in [-0.39, 0.29) is 24.2 Å². The van der Waals surface area contributed by atoms with Crippen LogP contribution in [0.2, 0.25) is 0 Å². The number of amides is 1. The highest BCUT2D eigenvalue weighted by atomic mass is 16.5. The highest BCUT2D eigenvalue weighted by molar-refractivity contribution is 5.82. The fourth-order valence-corrected chi connectivity index (χ4v) is 1.63. The highest BCUT2D eigenvalue weighted by Crippen LogP contribution is 2.24. The predicted molar refractivity (Wildman–Crippen MR) is 56.4 cm³/mol. The number of rotatable bonds is 4. The van der Waals surface area contributed by atoms with Crippen LogP contribution >= 0.6 is 0 Å². The second-order valence-corrected chi connectivity index (χ2v) is 4.23. The van der Waals surface area contributed by atoms with Crippen LogP contribution in [0.5, 0.6) is 0 Å². The van der Waals surface area contributed by atoms with Gasteiger partial charge in [-0.2, -0.15) is 0 Å². The van der Waals surface area contributed by atoms with Crippen LogP contribution in [-0.2, 0) is 14.3 Å². The summed E-state index contributed by atoms with van der Waals surface area (Å²) in [5.41, 5.74) is 5.33. The zero-order valence-corrected chi connectivity index (χ0v) is 9.58. The summed E-state index contributed by atoms with van der Waals surface area (Å²) in [6, 6.07) is -0.611. The van der Waals surface area contributed by atoms with Crippen molar-refractivity contribution < 1.29 is 14.3 Å². The summed E-state index contributed by atoms with van der Waals surface area (Å²) < 4.78 is 10.3. The molecule has 0 aromatic carbocycles. The number of hydrogen-bond acceptors (Lipinski definition) is 4. The number of nitrogens with two attached hydrogens (primary N) is 1. The fourth-order valence-electron chi connectivity index (χ4n) is 1.63. The van der Waals surface area contributed by atoms with Gasteiger partial charge in [0.05, 0.1) is 18.2 Å². The summed E-state index contributed by atoms with van der Waals surface area (Å²) in [5.74, 6) is -0.184. The Morgan fingerprint density at radius 1 is 1.80 bits per heavy atom. The van der Waals surface area contributed by atoms with Crippen LogP contribution in [0.3, 0.4) is 0 Å². The largest absolute Gasteiger partial charge is 0.383 e. The van der Waals surface area contributed by atoms with Gasteiger partial charge in [-0.3, -0.25) is 4.79 Å². The zero-order valence-electron chi connectivity index (χ0n) is 9.58. The first-order chi connectivity index (χ1) is 6.99. The van der Waals surface area contributed by atoms with Crippen LogP contribution in [-0.4, -0.2) is 43.9 Å². The molecule has 0 aliphatic carbocycles. The molecule has 0 aromatic rings. The lowest BCUT2D eigenvalue weighted by molar-refractivity contribution is -0.125. The molecule has 3 N–H and O–H groups in total. The lowest BCUT2D eigenvalue weighted by Crippen LogP contribution is -2.56. The summed E-state index contributed by atoms with van der Waals surface area (Å²) in [6.45, 7) is 4.84. The van der Waals surface area contributed by atoms with E-state index in [4.69, 9.17) is 15.2 Å². The Hall–Kier alpha value is -0.650. The molecular weight excluding hydrogens is 196 g/mol. The smallest absolute Gasteiger partial charge is 0.239 e. The Balaban J connectivity index is 2.49. The Labute approximate surface area is 90.3 Å². The van der Waals surface area contributed by atoms with E-state index >= 15 is 0 Å². The van der Waals surface area contributed by atoms with E-state index in [9.17, 15) is 4.79 Å². The normalized spacial score (nSPS) is 32.7. The van der Waals surface area contributed by atoms with Gasteiger partial charge in [-0.1, -0.05) is 0 Å². The maximum Gasteiger partial charge on any atom is 0.239 e. The molecule has 0 bridgehead atoms. The monoisotopic (exact) mass is 216 g/mol. The van der Waals surface area contributed by atoms with Gasteiger partial charge in [-0.05, 0) is 20.3 Å². The molecule has 0 saturated carbocycles. The van der Waals surface area contributed by atoms with Crippen molar-refractivity contribution in [3.8, 4) is 0 Å². The Kier molecular flexibility index (Phi) is 4.07. The molecule has 1 heterocycles. The molecule has 0 spiro atoms. The molecule has 5 heteroatoms. The van der Waals surface area contributed by atoms with Gasteiger partial charge in [0, 0.05) is 13.7 Å². The average molecular weight is 216 g/mol. The van der Waals surface area contributed by atoms with Gasteiger partial charge in [0.25, 0.3) is 0 Å². The number of ether oxygens (including phenoxy) is 2. The molecule has 1 amide bonds.